The average Bonchev–Trinajstić information content (AvgIpc) is 2.90. The number of likely N-dealkylation sites (tertiary alicyclic amines) is 1. The molecular formula is C17H20N2O. The minimum absolute atomic E-state index is 0.328. The summed E-state index contributed by atoms with van der Waals surface area (Å²) in [5.74, 6) is 0.328. The van der Waals surface area contributed by atoms with Crippen LogP contribution >= 0.6 is 0 Å². The fourth-order valence-electron chi connectivity index (χ4n) is 2.75. The van der Waals surface area contributed by atoms with Crippen LogP contribution in [-0.4, -0.2) is 29.1 Å². The summed E-state index contributed by atoms with van der Waals surface area (Å²) in [6.07, 6.45) is 1.11. The van der Waals surface area contributed by atoms with Gasteiger partial charge in [-0.15, -0.1) is 0 Å². The highest BCUT2D eigenvalue weighted by atomic mass is 16.3. The van der Waals surface area contributed by atoms with Crippen LogP contribution in [0.25, 0.3) is 0 Å². The first kappa shape index (κ1) is 13.0. The van der Waals surface area contributed by atoms with Crippen molar-refractivity contribution >= 4 is 5.69 Å². The quantitative estimate of drug-likeness (QED) is 0.837. The lowest BCUT2D eigenvalue weighted by molar-refractivity contribution is 0.328. The van der Waals surface area contributed by atoms with Crippen molar-refractivity contribution in [1.29, 1.82) is 0 Å². The van der Waals surface area contributed by atoms with Crippen LogP contribution in [0.4, 0.5) is 5.69 Å². The van der Waals surface area contributed by atoms with Crippen LogP contribution in [0.5, 0.6) is 5.75 Å². The zero-order valence-corrected chi connectivity index (χ0v) is 11.5. The van der Waals surface area contributed by atoms with Gasteiger partial charge in [-0.05, 0) is 24.1 Å². The Bertz CT molecular complexity index is 556. The lowest BCUT2D eigenvalue weighted by Gasteiger charge is -2.18. The average molecular weight is 268 g/mol. The maximum atomic E-state index is 9.80. The van der Waals surface area contributed by atoms with Gasteiger partial charge in [-0.3, -0.25) is 4.90 Å². The van der Waals surface area contributed by atoms with Crippen LogP contribution in [0.2, 0.25) is 0 Å². The Labute approximate surface area is 119 Å². The molecule has 0 radical (unpaired) electrons. The molecule has 1 heterocycles. The third-order valence-electron chi connectivity index (χ3n) is 3.79. The minimum atomic E-state index is 0.328. The predicted molar refractivity (Wildman–Crippen MR) is 81.9 cm³/mol. The van der Waals surface area contributed by atoms with Crippen LogP contribution < -0.4 is 5.32 Å². The summed E-state index contributed by atoms with van der Waals surface area (Å²) in [6, 6.07) is 18.4. The van der Waals surface area contributed by atoms with Crippen molar-refractivity contribution in [3.05, 3.63) is 60.2 Å². The van der Waals surface area contributed by atoms with Gasteiger partial charge in [0, 0.05) is 25.7 Å². The Morgan fingerprint density at radius 1 is 1.05 bits per heavy atom. The minimum Gasteiger partial charge on any atom is -0.506 e. The van der Waals surface area contributed by atoms with Gasteiger partial charge in [0.25, 0.3) is 0 Å². The Morgan fingerprint density at radius 3 is 2.60 bits per heavy atom. The summed E-state index contributed by atoms with van der Waals surface area (Å²) in [5.41, 5.74) is 2.19. The zero-order valence-electron chi connectivity index (χ0n) is 11.5. The molecule has 2 aromatic carbocycles. The number of rotatable bonds is 4. The van der Waals surface area contributed by atoms with Gasteiger partial charge >= 0.3 is 0 Å². The first-order valence-corrected chi connectivity index (χ1v) is 7.12. The lowest BCUT2D eigenvalue weighted by Crippen LogP contribution is -2.25. The van der Waals surface area contributed by atoms with Gasteiger partial charge in [0.05, 0.1) is 5.69 Å². The third kappa shape index (κ3) is 3.11. The molecule has 0 aliphatic carbocycles. The molecule has 0 aromatic heterocycles. The molecule has 3 nitrogen and oxygen atoms in total. The normalized spacial score (nSPS) is 19.1. The second-order valence-electron chi connectivity index (χ2n) is 5.37. The number of aromatic hydroxyl groups is 1. The van der Waals surface area contributed by atoms with Crippen LogP contribution in [0.15, 0.2) is 54.6 Å². The van der Waals surface area contributed by atoms with Crippen molar-refractivity contribution in [2.45, 2.75) is 19.0 Å². The van der Waals surface area contributed by atoms with Crippen molar-refractivity contribution in [1.82, 2.24) is 4.90 Å². The zero-order chi connectivity index (χ0) is 13.8. The Hall–Kier alpha value is -2.00. The molecule has 1 aliphatic rings. The largest absolute Gasteiger partial charge is 0.506 e. The predicted octanol–water partition coefficient (Wildman–Crippen LogP) is 3.08. The number of hydrogen-bond acceptors (Lipinski definition) is 3. The summed E-state index contributed by atoms with van der Waals surface area (Å²) < 4.78 is 0. The maximum absolute atomic E-state index is 9.80. The summed E-state index contributed by atoms with van der Waals surface area (Å²) in [5, 5.41) is 13.2. The van der Waals surface area contributed by atoms with Crippen LogP contribution in [-0.2, 0) is 6.54 Å². The number of phenols is 1. The second-order valence-corrected chi connectivity index (χ2v) is 5.37. The van der Waals surface area contributed by atoms with Crippen LogP contribution in [0, 0.1) is 0 Å². The van der Waals surface area contributed by atoms with Gasteiger partial charge in [-0.2, -0.15) is 0 Å². The van der Waals surface area contributed by atoms with E-state index in [0.29, 0.717) is 11.8 Å². The van der Waals surface area contributed by atoms with Gasteiger partial charge in [0.1, 0.15) is 5.75 Å². The molecule has 104 valence electrons. The molecule has 0 amide bonds. The smallest absolute Gasteiger partial charge is 0.138 e. The van der Waals surface area contributed by atoms with Crippen molar-refractivity contribution in [3.63, 3.8) is 0 Å². The molecular weight excluding hydrogens is 248 g/mol. The monoisotopic (exact) mass is 268 g/mol. The highest BCUT2D eigenvalue weighted by molar-refractivity contribution is 5.55. The topological polar surface area (TPSA) is 35.5 Å². The first-order chi connectivity index (χ1) is 9.81. The third-order valence-corrected chi connectivity index (χ3v) is 3.79. The van der Waals surface area contributed by atoms with E-state index in [2.05, 4.69) is 40.5 Å². The van der Waals surface area contributed by atoms with Crippen molar-refractivity contribution in [3.8, 4) is 5.75 Å². The van der Waals surface area contributed by atoms with Crippen molar-refractivity contribution in [2.75, 3.05) is 18.4 Å². The Morgan fingerprint density at radius 2 is 1.80 bits per heavy atom. The molecule has 0 unspecified atom stereocenters. The molecule has 2 aromatic rings. The molecule has 2 N–H and O–H groups in total. The first-order valence-electron chi connectivity index (χ1n) is 7.12. The standard InChI is InChI=1S/C17H20N2O/c20-17-9-5-4-8-16(17)18-15-10-11-19(13-15)12-14-6-2-1-3-7-14/h1-9,15,18,20H,10-13H2/t15-/m1/s1. The van der Waals surface area contributed by atoms with E-state index >= 15 is 0 Å². The molecule has 3 heteroatoms. The molecule has 0 spiro atoms. The van der Waals surface area contributed by atoms with E-state index in [-0.39, 0.29) is 0 Å². The second kappa shape index (κ2) is 5.97. The lowest BCUT2D eigenvalue weighted by atomic mass is 10.2. The molecule has 1 atom stereocenters. The van der Waals surface area contributed by atoms with E-state index in [1.165, 1.54) is 5.56 Å². The van der Waals surface area contributed by atoms with E-state index in [9.17, 15) is 5.11 Å². The van der Waals surface area contributed by atoms with E-state index in [1.807, 2.05) is 18.2 Å². The number of benzene rings is 2. The Kier molecular flexibility index (Phi) is 3.88. The highest BCUT2D eigenvalue weighted by Gasteiger charge is 2.22. The van der Waals surface area contributed by atoms with Gasteiger partial charge in [-0.25, -0.2) is 0 Å². The van der Waals surface area contributed by atoms with Crippen molar-refractivity contribution in [2.24, 2.45) is 0 Å². The summed E-state index contributed by atoms with van der Waals surface area (Å²) in [4.78, 5) is 2.45. The molecule has 1 aliphatic heterocycles. The van der Waals surface area contributed by atoms with Crippen LogP contribution in [0.1, 0.15) is 12.0 Å². The molecule has 3 rings (SSSR count). The molecule has 0 saturated carbocycles. The number of para-hydroxylation sites is 2. The van der Waals surface area contributed by atoms with E-state index < -0.39 is 0 Å². The molecule has 1 fully saturated rings. The fourth-order valence-corrected chi connectivity index (χ4v) is 2.75. The SMILES string of the molecule is Oc1ccccc1N[C@@H]1CCN(Cc2ccccc2)C1. The molecule has 20 heavy (non-hydrogen) atoms. The number of anilines is 1. The van der Waals surface area contributed by atoms with E-state index in [0.717, 1.165) is 31.7 Å². The fraction of sp³-hybridized carbons (Fsp3) is 0.294. The molecule has 0 bridgehead atoms. The number of nitrogens with one attached hydrogen (secondary N) is 1. The van der Waals surface area contributed by atoms with E-state index in [4.69, 9.17) is 0 Å². The summed E-state index contributed by atoms with van der Waals surface area (Å²) in [7, 11) is 0. The summed E-state index contributed by atoms with van der Waals surface area (Å²) in [6.45, 7) is 3.11. The van der Waals surface area contributed by atoms with Gasteiger partial charge in [-0.1, -0.05) is 42.5 Å². The number of phenolic OH excluding ortho intramolecular Hbond substituents is 1. The van der Waals surface area contributed by atoms with Crippen molar-refractivity contribution < 1.29 is 5.11 Å². The van der Waals surface area contributed by atoms with Gasteiger partial charge in [0.15, 0.2) is 0 Å². The van der Waals surface area contributed by atoms with Gasteiger partial charge < -0.3 is 10.4 Å². The molecule has 1 saturated heterocycles. The number of hydrogen-bond donors (Lipinski definition) is 2. The van der Waals surface area contributed by atoms with Crippen LogP contribution in [0.3, 0.4) is 0 Å². The summed E-state index contributed by atoms with van der Waals surface area (Å²) >= 11 is 0. The van der Waals surface area contributed by atoms with Gasteiger partial charge in [0.2, 0.25) is 0 Å². The number of nitrogens with zero attached hydrogens (tertiary/aromatic N) is 1. The highest BCUT2D eigenvalue weighted by Crippen LogP contribution is 2.25. The Balaban J connectivity index is 1.56. The van der Waals surface area contributed by atoms with E-state index in [1.54, 1.807) is 6.07 Å². The maximum Gasteiger partial charge on any atom is 0.138 e.